The summed E-state index contributed by atoms with van der Waals surface area (Å²) >= 11 is 0. The van der Waals surface area contributed by atoms with E-state index in [1.165, 1.54) is 0 Å². The van der Waals surface area contributed by atoms with Gasteiger partial charge in [-0.05, 0) is 37.3 Å². The van der Waals surface area contributed by atoms with Crippen LogP contribution in [-0.4, -0.2) is 19.7 Å². The van der Waals surface area contributed by atoms with Gasteiger partial charge in [-0.1, -0.05) is 18.2 Å². The lowest BCUT2D eigenvalue weighted by Crippen LogP contribution is -2.33. The number of rotatable bonds is 3. The van der Waals surface area contributed by atoms with Crippen molar-refractivity contribution >= 4 is 11.2 Å². The van der Waals surface area contributed by atoms with E-state index in [9.17, 15) is 0 Å². The van der Waals surface area contributed by atoms with E-state index in [0.29, 0.717) is 6.54 Å². The molecule has 4 rings (SSSR count). The molecule has 0 aliphatic carbocycles. The van der Waals surface area contributed by atoms with Crippen LogP contribution in [0.1, 0.15) is 11.4 Å². The van der Waals surface area contributed by atoms with Gasteiger partial charge in [0, 0.05) is 11.9 Å². The summed E-state index contributed by atoms with van der Waals surface area (Å²) in [5.41, 5.74) is 5.22. The summed E-state index contributed by atoms with van der Waals surface area (Å²) < 4.78 is 4.28. The van der Waals surface area contributed by atoms with Crippen molar-refractivity contribution in [1.29, 1.82) is 0 Å². The van der Waals surface area contributed by atoms with E-state index in [2.05, 4.69) is 54.9 Å². The number of H-pyrrole nitrogens is 1. The highest BCUT2D eigenvalue weighted by atomic mass is 15.2. The molecular formula is C17H16N5+. The number of fused-ring (bicyclic) bond motifs is 1. The highest BCUT2D eigenvalue weighted by molar-refractivity contribution is 5.68. The van der Waals surface area contributed by atoms with E-state index >= 15 is 0 Å². The lowest BCUT2D eigenvalue weighted by atomic mass is 10.3. The van der Waals surface area contributed by atoms with E-state index in [0.717, 1.165) is 28.2 Å². The third-order valence-electron chi connectivity index (χ3n) is 3.68. The quantitative estimate of drug-likeness (QED) is 0.589. The zero-order valence-electron chi connectivity index (χ0n) is 12.3. The number of pyridine rings is 1. The minimum absolute atomic E-state index is 0.715. The van der Waals surface area contributed by atoms with Gasteiger partial charge in [0.25, 0.3) is 12.0 Å². The van der Waals surface area contributed by atoms with E-state index in [1.54, 1.807) is 0 Å². The van der Waals surface area contributed by atoms with E-state index in [-0.39, 0.29) is 0 Å². The largest absolute Gasteiger partial charge is 0.282 e. The van der Waals surface area contributed by atoms with Crippen LogP contribution >= 0.6 is 0 Å². The Bertz CT molecular complexity index is 921. The molecule has 0 unspecified atom stereocenters. The maximum Gasteiger partial charge on any atom is 0.273 e. The molecule has 0 saturated carbocycles. The molecule has 0 fully saturated rings. The van der Waals surface area contributed by atoms with Crippen molar-refractivity contribution < 1.29 is 4.57 Å². The number of aromatic nitrogens is 5. The van der Waals surface area contributed by atoms with E-state index < -0.39 is 0 Å². The number of imidazole rings is 1. The molecule has 0 spiro atoms. The zero-order valence-corrected chi connectivity index (χ0v) is 12.3. The van der Waals surface area contributed by atoms with Gasteiger partial charge in [-0.3, -0.25) is 5.10 Å². The Morgan fingerprint density at radius 1 is 1.14 bits per heavy atom. The fourth-order valence-corrected chi connectivity index (χ4v) is 2.69. The minimum Gasteiger partial charge on any atom is -0.282 e. The fourth-order valence-electron chi connectivity index (χ4n) is 2.69. The molecule has 4 aromatic rings. The second kappa shape index (κ2) is 5.11. The van der Waals surface area contributed by atoms with Crippen molar-refractivity contribution in [2.45, 2.75) is 13.5 Å². The number of benzene rings is 1. The normalized spacial score (nSPS) is 11.1. The van der Waals surface area contributed by atoms with Crippen LogP contribution < -0.4 is 4.57 Å². The van der Waals surface area contributed by atoms with Crippen LogP contribution in [0.15, 0.2) is 61.1 Å². The molecule has 0 bridgehead atoms. The molecule has 0 amide bonds. The molecule has 0 radical (unpaired) electrons. The SMILES string of the molecule is Cc1cc(C[n+]2cn(-c3ccccc3)c3ncccc32)n[nH]1. The van der Waals surface area contributed by atoms with Gasteiger partial charge in [-0.15, -0.1) is 0 Å². The molecule has 108 valence electrons. The lowest BCUT2D eigenvalue weighted by Gasteiger charge is -1.94. The average Bonchev–Trinajstić information content (AvgIpc) is 3.13. The first kappa shape index (κ1) is 12.8. The first-order chi connectivity index (χ1) is 10.8. The summed E-state index contributed by atoms with van der Waals surface area (Å²) in [6.07, 6.45) is 3.90. The Labute approximate surface area is 127 Å². The number of hydrogen-bond acceptors (Lipinski definition) is 2. The molecule has 5 nitrogen and oxygen atoms in total. The molecule has 1 aromatic carbocycles. The summed E-state index contributed by atoms with van der Waals surface area (Å²) in [6.45, 7) is 2.72. The first-order valence-corrected chi connectivity index (χ1v) is 7.23. The molecule has 1 N–H and O–H groups in total. The monoisotopic (exact) mass is 290 g/mol. The Hall–Kier alpha value is -2.95. The standard InChI is InChI=1S/C17H16N5/c1-13-10-14(20-19-13)11-21-12-22(15-6-3-2-4-7-15)17-16(21)8-5-9-18-17/h2-10,12H,11H2,1H3,(H,19,20)/q+1. The summed E-state index contributed by atoms with van der Waals surface area (Å²) in [4.78, 5) is 4.54. The van der Waals surface area contributed by atoms with Crippen LogP contribution in [0.5, 0.6) is 0 Å². The molecule has 0 aliphatic heterocycles. The van der Waals surface area contributed by atoms with Gasteiger partial charge in [-0.25, -0.2) is 9.55 Å². The van der Waals surface area contributed by atoms with Gasteiger partial charge in [0.2, 0.25) is 0 Å². The second-order valence-electron chi connectivity index (χ2n) is 5.34. The van der Waals surface area contributed by atoms with Crippen molar-refractivity contribution in [3.05, 3.63) is 72.4 Å². The third kappa shape index (κ3) is 2.16. The number of hydrogen-bond donors (Lipinski definition) is 1. The van der Waals surface area contributed by atoms with Gasteiger partial charge >= 0.3 is 0 Å². The van der Waals surface area contributed by atoms with Gasteiger partial charge in [0.05, 0.1) is 0 Å². The Balaban J connectivity index is 1.86. The molecule has 3 aromatic heterocycles. The summed E-state index contributed by atoms with van der Waals surface area (Å²) in [6, 6.07) is 16.4. The number of aromatic amines is 1. The Kier molecular flexibility index (Phi) is 2.96. The molecule has 3 heterocycles. The predicted molar refractivity (Wildman–Crippen MR) is 83.7 cm³/mol. The molecule has 0 aliphatic rings. The van der Waals surface area contributed by atoms with Crippen molar-refractivity contribution in [3.8, 4) is 5.69 Å². The van der Waals surface area contributed by atoms with Crippen LogP contribution in [-0.2, 0) is 6.54 Å². The second-order valence-corrected chi connectivity index (χ2v) is 5.34. The number of para-hydroxylation sites is 1. The maximum absolute atomic E-state index is 4.54. The molecule has 0 saturated heterocycles. The summed E-state index contributed by atoms with van der Waals surface area (Å²) in [5.74, 6) is 0. The van der Waals surface area contributed by atoms with E-state index in [1.807, 2.05) is 37.4 Å². The Morgan fingerprint density at radius 2 is 2.00 bits per heavy atom. The van der Waals surface area contributed by atoms with Crippen molar-refractivity contribution in [1.82, 2.24) is 19.7 Å². The van der Waals surface area contributed by atoms with Crippen LogP contribution in [0.3, 0.4) is 0 Å². The highest BCUT2D eigenvalue weighted by Crippen LogP contribution is 2.14. The Morgan fingerprint density at radius 3 is 2.77 bits per heavy atom. The van der Waals surface area contributed by atoms with Gasteiger partial charge in [-0.2, -0.15) is 9.67 Å². The smallest absolute Gasteiger partial charge is 0.273 e. The van der Waals surface area contributed by atoms with Crippen LogP contribution in [0.4, 0.5) is 0 Å². The van der Waals surface area contributed by atoms with Gasteiger partial charge in [0.1, 0.15) is 17.9 Å². The van der Waals surface area contributed by atoms with Crippen LogP contribution in [0, 0.1) is 6.92 Å². The zero-order chi connectivity index (χ0) is 14.9. The molecule has 5 heteroatoms. The van der Waals surface area contributed by atoms with Crippen molar-refractivity contribution in [2.24, 2.45) is 0 Å². The maximum atomic E-state index is 4.54. The summed E-state index contributed by atoms with van der Waals surface area (Å²) in [7, 11) is 0. The number of nitrogens with zero attached hydrogens (tertiary/aromatic N) is 4. The number of nitrogens with one attached hydrogen (secondary N) is 1. The van der Waals surface area contributed by atoms with Crippen molar-refractivity contribution in [3.63, 3.8) is 0 Å². The first-order valence-electron chi connectivity index (χ1n) is 7.23. The number of aryl methyl sites for hydroxylation is 1. The van der Waals surface area contributed by atoms with Gasteiger partial charge in [0.15, 0.2) is 5.52 Å². The third-order valence-corrected chi connectivity index (χ3v) is 3.68. The topological polar surface area (TPSA) is 50.4 Å². The molecule has 0 atom stereocenters. The van der Waals surface area contributed by atoms with Crippen LogP contribution in [0.25, 0.3) is 16.9 Å². The van der Waals surface area contributed by atoms with Gasteiger partial charge < -0.3 is 0 Å². The fraction of sp³-hybridized carbons (Fsp3) is 0.118. The average molecular weight is 290 g/mol. The summed E-state index contributed by atoms with van der Waals surface area (Å²) in [5, 5.41) is 7.31. The lowest BCUT2D eigenvalue weighted by molar-refractivity contribution is -0.663. The molecular weight excluding hydrogens is 274 g/mol. The minimum atomic E-state index is 0.715. The highest BCUT2D eigenvalue weighted by Gasteiger charge is 2.18. The predicted octanol–water partition coefficient (Wildman–Crippen LogP) is 2.39. The van der Waals surface area contributed by atoms with Crippen molar-refractivity contribution in [2.75, 3.05) is 0 Å². The van der Waals surface area contributed by atoms with Crippen LogP contribution in [0.2, 0.25) is 0 Å². The molecule has 22 heavy (non-hydrogen) atoms. The van der Waals surface area contributed by atoms with E-state index in [4.69, 9.17) is 0 Å².